The molecular formula is C21H21N7O. The van der Waals surface area contributed by atoms with E-state index in [4.69, 9.17) is 10.1 Å². The van der Waals surface area contributed by atoms with Crippen molar-refractivity contribution in [1.82, 2.24) is 34.3 Å². The average Bonchev–Trinajstić information content (AvgIpc) is 3.39. The maximum absolute atomic E-state index is 12.8. The van der Waals surface area contributed by atoms with Crippen molar-refractivity contribution in [2.45, 2.75) is 18.8 Å². The number of hydrogen-bond acceptors (Lipinski definition) is 5. The standard InChI is InChI=1S/C21H21N7O/c1-26-12-8-18(24-26)21(29)27-11-2-3-17(13-27)20-23-19-5-4-16(14-28(19)25-20)15-6-9-22-10-7-15/h4-10,12,14,17H,2-3,11,13H2,1H3. The van der Waals surface area contributed by atoms with Crippen LogP contribution in [0.2, 0.25) is 0 Å². The molecular weight excluding hydrogens is 366 g/mol. The first-order valence-electron chi connectivity index (χ1n) is 9.73. The molecule has 0 aromatic carbocycles. The van der Waals surface area contributed by atoms with Gasteiger partial charge in [0, 0.05) is 56.4 Å². The lowest BCUT2D eigenvalue weighted by molar-refractivity contribution is 0.0698. The van der Waals surface area contributed by atoms with E-state index in [2.05, 4.69) is 10.1 Å². The van der Waals surface area contributed by atoms with Crippen LogP contribution in [0.3, 0.4) is 0 Å². The van der Waals surface area contributed by atoms with E-state index in [1.165, 1.54) is 0 Å². The SMILES string of the molecule is Cn1ccc(C(=O)N2CCCC(c3nc4ccc(-c5ccncc5)cn4n3)C2)n1. The van der Waals surface area contributed by atoms with Gasteiger partial charge in [0.25, 0.3) is 5.91 Å². The Bertz CT molecular complexity index is 1160. The monoisotopic (exact) mass is 387 g/mol. The summed E-state index contributed by atoms with van der Waals surface area (Å²) in [6.45, 7) is 1.36. The Morgan fingerprint density at radius 1 is 1.07 bits per heavy atom. The molecule has 1 fully saturated rings. The molecule has 1 amide bonds. The first-order chi connectivity index (χ1) is 14.2. The van der Waals surface area contributed by atoms with E-state index in [1.807, 2.05) is 46.9 Å². The Kier molecular flexibility index (Phi) is 4.31. The van der Waals surface area contributed by atoms with Crippen molar-refractivity contribution in [3.8, 4) is 11.1 Å². The summed E-state index contributed by atoms with van der Waals surface area (Å²) in [6.07, 6.45) is 9.24. The number of likely N-dealkylation sites (tertiary alicyclic amines) is 1. The molecule has 0 spiro atoms. The van der Waals surface area contributed by atoms with E-state index in [0.29, 0.717) is 12.2 Å². The van der Waals surface area contributed by atoms with Crippen molar-refractivity contribution in [1.29, 1.82) is 0 Å². The smallest absolute Gasteiger partial charge is 0.274 e. The van der Waals surface area contributed by atoms with Gasteiger partial charge in [0.15, 0.2) is 11.5 Å². The highest BCUT2D eigenvalue weighted by Gasteiger charge is 2.29. The molecule has 146 valence electrons. The van der Waals surface area contributed by atoms with Crippen LogP contribution >= 0.6 is 0 Å². The van der Waals surface area contributed by atoms with E-state index in [-0.39, 0.29) is 11.8 Å². The van der Waals surface area contributed by atoms with Gasteiger partial charge < -0.3 is 4.90 Å². The second-order valence-corrected chi connectivity index (χ2v) is 7.39. The molecule has 5 heterocycles. The zero-order chi connectivity index (χ0) is 19.8. The van der Waals surface area contributed by atoms with E-state index in [0.717, 1.165) is 42.0 Å². The number of pyridine rings is 2. The minimum atomic E-state index is -0.0287. The molecule has 1 aliphatic rings. The molecule has 0 saturated carbocycles. The lowest BCUT2D eigenvalue weighted by Crippen LogP contribution is -2.39. The summed E-state index contributed by atoms with van der Waals surface area (Å²) in [7, 11) is 1.82. The average molecular weight is 387 g/mol. The van der Waals surface area contributed by atoms with Gasteiger partial charge in [0.05, 0.1) is 0 Å². The molecule has 4 aromatic rings. The Morgan fingerprint density at radius 2 is 1.93 bits per heavy atom. The molecule has 8 heteroatoms. The Hall–Kier alpha value is -3.55. The number of amides is 1. The molecule has 0 N–H and O–H groups in total. The minimum Gasteiger partial charge on any atom is -0.337 e. The van der Waals surface area contributed by atoms with Crippen LogP contribution in [0.25, 0.3) is 16.8 Å². The molecule has 8 nitrogen and oxygen atoms in total. The second kappa shape index (κ2) is 7.12. The zero-order valence-electron chi connectivity index (χ0n) is 16.1. The number of aryl methyl sites for hydroxylation is 1. The minimum absolute atomic E-state index is 0.0287. The first kappa shape index (κ1) is 17.5. The third kappa shape index (κ3) is 3.37. The van der Waals surface area contributed by atoms with Crippen molar-refractivity contribution in [2.75, 3.05) is 13.1 Å². The Morgan fingerprint density at radius 3 is 2.72 bits per heavy atom. The van der Waals surface area contributed by atoms with Gasteiger partial charge in [-0.05, 0) is 48.7 Å². The molecule has 1 unspecified atom stereocenters. The van der Waals surface area contributed by atoms with Gasteiger partial charge in [-0.25, -0.2) is 9.50 Å². The van der Waals surface area contributed by atoms with Crippen molar-refractivity contribution in [3.05, 3.63) is 66.6 Å². The Labute approximate surface area is 167 Å². The lowest BCUT2D eigenvalue weighted by Gasteiger charge is -2.30. The molecule has 5 rings (SSSR count). The maximum Gasteiger partial charge on any atom is 0.274 e. The number of rotatable bonds is 3. The summed E-state index contributed by atoms with van der Waals surface area (Å²) in [5.41, 5.74) is 3.44. The van der Waals surface area contributed by atoms with Crippen molar-refractivity contribution < 1.29 is 4.79 Å². The molecule has 1 aliphatic heterocycles. The van der Waals surface area contributed by atoms with Gasteiger partial charge >= 0.3 is 0 Å². The van der Waals surface area contributed by atoms with Gasteiger partial charge in [0.1, 0.15) is 5.69 Å². The van der Waals surface area contributed by atoms with Crippen molar-refractivity contribution >= 4 is 11.6 Å². The van der Waals surface area contributed by atoms with Crippen LogP contribution in [0.1, 0.15) is 35.1 Å². The van der Waals surface area contributed by atoms with Gasteiger partial charge in [-0.15, -0.1) is 0 Å². The van der Waals surface area contributed by atoms with Crippen LogP contribution in [0.15, 0.2) is 55.1 Å². The number of fused-ring (bicyclic) bond motifs is 1. The van der Waals surface area contributed by atoms with Crippen molar-refractivity contribution in [3.63, 3.8) is 0 Å². The number of piperidine rings is 1. The summed E-state index contributed by atoms with van der Waals surface area (Å²) in [4.78, 5) is 23.4. The summed E-state index contributed by atoms with van der Waals surface area (Å²) in [6, 6.07) is 9.73. The van der Waals surface area contributed by atoms with Gasteiger partial charge in [0.2, 0.25) is 0 Å². The highest BCUT2D eigenvalue weighted by Crippen LogP contribution is 2.27. The highest BCUT2D eigenvalue weighted by atomic mass is 16.2. The topological polar surface area (TPSA) is 81.2 Å². The molecule has 0 bridgehead atoms. The molecule has 1 saturated heterocycles. The molecule has 0 radical (unpaired) electrons. The highest BCUT2D eigenvalue weighted by molar-refractivity contribution is 5.92. The number of carbonyl (C=O) groups excluding carboxylic acids is 1. The van der Waals surface area contributed by atoms with E-state index >= 15 is 0 Å². The predicted molar refractivity (Wildman–Crippen MR) is 107 cm³/mol. The van der Waals surface area contributed by atoms with Crippen LogP contribution in [0.5, 0.6) is 0 Å². The summed E-state index contributed by atoms with van der Waals surface area (Å²) < 4.78 is 3.48. The third-order valence-electron chi connectivity index (χ3n) is 5.37. The summed E-state index contributed by atoms with van der Waals surface area (Å²) in [5, 5.41) is 8.97. The fourth-order valence-corrected chi connectivity index (χ4v) is 3.85. The summed E-state index contributed by atoms with van der Waals surface area (Å²) in [5.74, 6) is 0.884. The normalized spacial score (nSPS) is 17.0. The predicted octanol–water partition coefficient (Wildman–Crippen LogP) is 2.54. The summed E-state index contributed by atoms with van der Waals surface area (Å²) >= 11 is 0. The van der Waals surface area contributed by atoms with Gasteiger partial charge in [-0.3, -0.25) is 14.5 Å². The second-order valence-electron chi connectivity index (χ2n) is 7.39. The van der Waals surface area contributed by atoms with Crippen LogP contribution in [0.4, 0.5) is 0 Å². The zero-order valence-corrected chi connectivity index (χ0v) is 16.1. The van der Waals surface area contributed by atoms with Crippen LogP contribution < -0.4 is 0 Å². The number of nitrogens with zero attached hydrogens (tertiary/aromatic N) is 7. The third-order valence-corrected chi connectivity index (χ3v) is 5.37. The van der Waals surface area contributed by atoms with E-state index < -0.39 is 0 Å². The van der Waals surface area contributed by atoms with E-state index in [9.17, 15) is 4.79 Å². The quantitative estimate of drug-likeness (QED) is 0.540. The van der Waals surface area contributed by atoms with E-state index in [1.54, 1.807) is 29.3 Å². The van der Waals surface area contributed by atoms with Crippen LogP contribution in [-0.2, 0) is 7.05 Å². The molecule has 0 aliphatic carbocycles. The largest absolute Gasteiger partial charge is 0.337 e. The fourth-order valence-electron chi connectivity index (χ4n) is 3.85. The molecule has 1 atom stereocenters. The fraction of sp³-hybridized carbons (Fsp3) is 0.286. The number of aromatic nitrogens is 6. The number of carbonyl (C=O) groups is 1. The number of hydrogen-bond donors (Lipinski definition) is 0. The maximum atomic E-state index is 12.8. The van der Waals surface area contributed by atoms with Crippen molar-refractivity contribution in [2.24, 2.45) is 7.05 Å². The van der Waals surface area contributed by atoms with Gasteiger partial charge in [-0.2, -0.15) is 10.2 Å². The lowest BCUT2D eigenvalue weighted by atomic mass is 9.97. The van der Waals surface area contributed by atoms with Crippen LogP contribution in [-0.4, -0.2) is 53.3 Å². The van der Waals surface area contributed by atoms with Gasteiger partial charge in [-0.1, -0.05) is 0 Å². The first-order valence-corrected chi connectivity index (χ1v) is 9.73. The Balaban J connectivity index is 1.39. The van der Waals surface area contributed by atoms with Crippen LogP contribution in [0, 0.1) is 0 Å². The molecule has 4 aromatic heterocycles. The molecule has 29 heavy (non-hydrogen) atoms.